The highest BCUT2D eigenvalue weighted by atomic mass is 16.1. The van der Waals surface area contributed by atoms with E-state index in [4.69, 9.17) is 0 Å². The number of nitrogens with zero attached hydrogens (tertiary/aromatic N) is 3. The summed E-state index contributed by atoms with van der Waals surface area (Å²) in [4.78, 5) is 14.2. The molecule has 1 aliphatic heterocycles. The van der Waals surface area contributed by atoms with Gasteiger partial charge in [0, 0.05) is 37.0 Å². The van der Waals surface area contributed by atoms with Gasteiger partial charge in [-0.05, 0) is 32.8 Å². The first-order chi connectivity index (χ1) is 8.63. The summed E-state index contributed by atoms with van der Waals surface area (Å²) in [6.07, 6.45) is 2.46. The number of hydrogen-bond acceptors (Lipinski definition) is 3. The van der Waals surface area contributed by atoms with Crippen LogP contribution in [-0.4, -0.2) is 33.8 Å². The topological polar surface area (TPSA) is 38.1 Å². The average molecular weight is 247 g/mol. The third-order valence-corrected chi connectivity index (χ3v) is 4.03. The zero-order valence-corrected chi connectivity index (χ0v) is 11.2. The van der Waals surface area contributed by atoms with E-state index in [1.807, 2.05) is 6.07 Å². The van der Waals surface area contributed by atoms with Crippen molar-refractivity contribution in [1.29, 1.82) is 0 Å². The number of aromatic nitrogens is 2. The van der Waals surface area contributed by atoms with E-state index < -0.39 is 0 Å². The summed E-state index contributed by atoms with van der Waals surface area (Å²) < 4.78 is 1.68. The van der Waals surface area contributed by atoms with E-state index in [1.165, 1.54) is 12.8 Å². The molecule has 0 atom stereocenters. The maximum absolute atomic E-state index is 11.8. The second-order valence-electron chi connectivity index (χ2n) is 5.97. The SMILES string of the molecule is CC(C)N1CC(Cn2nc(C3CC3)ccc2=O)C1. The van der Waals surface area contributed by atoms with Crippen molar-refractivity contribution in [2.75, 3.05) is 13.1 Å². The van der Waals surface area contributed by atoms with Gasteiger partial charge in [-0.1, -0.05) is 0 Å². The molecular weight excluding hydrogens is 226 g/mol. The van der Waals surface area contributed by atoms with E-state index in [-0.39, 0.29) is 5.56 Å². The predicted octanol–water partition coefficient (Wildman–Crippen LogP) is 1.46. The second-order valence-corrected chi connectivity index (χ2v) is 5.97. The maximum atomic E-state index is 11.8. The molecule has 2 heterocycles. The Labute approximate surface area is 108 Å². The Balaban J connectivity index is 1.66. The van der Waals surface area contributed by atoms with Crippen LogP contribution in [0.5, 0.6) is 0 Å². The molecule has 1 saturated carbocycles. The Hall–Kier alpha value is -1.16. The highest BCUT2D eigenvalue weighted by Gasteiger charge is 2.30. The monoisotopic (exact) mass is 247 g/mol. The fourth-order valence-corrected chi connectivity index (χ4v) is 2.58. The lowest BCUT2D eigenvalue weighted by Gasteiger charge is -2.42. The van der Waals surface area contributed by atoms with Gasteiger partial charge in [0.1, 0.15) is 0 Å². The van der Waals surface area contributed by atoms with Gasteiger partial charge in [-0.2, -0.15) is 5.10 Å². The zero-order valence-electron chi connectivity index (χ0n) is 11.2. The molecule has 0 N–H and O–H groups in total. The first kappa shape index (κ1) is 11.9. The molecule has 18 heavy (non-hydrogen) atoms. The summed E-state index contributed by atoms with van der Waals surface area (Å²) in [6.45, 7) is 7.41. The van der Waals surface area contributed by atoms with Crippen LogP contribution >= 0.6 is 0 Å². The van der Waals surface area contributed by atoms with Crippen molar-refractivity contribution in [3.63, 3.8) is 0 Å². The van der Waals surface area contributed by atoms with Crippen LogP contribution in [-0.2, 0) is 6.54 Å². The molecular formula is C14H21N3O. The molecule has 0 unspecified atom stereocenters. The van der Waals surface area contributed by atoms with E-state index >= 15 is 0 Å². The summed E-state index contributed by atoms with van der Waals surface area (Å²) in [5.74, 6) is 1.21. The minimum Gasteiger partial charge on any atom is -0.300 e. The van der Waals surface area contributed by atoms with Gasteiger partial charge < -0.3 is 4.90 Å². The molecule has 0 radical (unpaired) electrons. The molecule has 2 fully saturated rings. The van der Waals surface area contributed by atoms with Crippen LogP contribution in [0.4, 0.5) is 0 Å². The van der Waals surface area contributed by atoms with Crippen LogP contribution in [0.25, 0.3) is 0 Å². The van der Waals surface area contributed by atoms with Gasteiger partial charge in [0.25, 0.3) is 5.56 Å². The molecule has 4 nitrogen and oxygen atoms in total. The summed E-state index contributed by atoms with van der Waals surface area (Å²) in [5, 5.41) is 4.51. The molecule has 4 heteroatoms. The number of likely N-dealkylation sites (tertiary alicyclic amines) is 1. The van der Waals surface area contributed by atoms with Gasteiger partial charge in [0.15, 0.2) is 0 Å². The fourth-order valence-electron chi connectivity index (χ4n) is 2.58. The third kappa shape index (κ3) is 2.34. The van der Waals surface area contributed by atoms with Gasteiger partial charge in [0.05, 0.1) is 12.2 Å². The van der Waals surface area contributed by atoms with Crippen molar-refractivity contribution in [3.8, 4) is 0 Å². The highest BCUT2D eigenvalue weighted by molar-refractivity contribution is 5.12. The molecule has 0 amide bonds. The van der Waals surface area contributed by atoms with Crippen molar-refractivity contribution in [2.45, 2.75) is 45.2 Å². The minimum absolute atomic E-state index is 0.0439. The van der Waals surface area contributed by atoms with Gasteiger partial charge >= 0.3 is 0 Å². The normalized spacial score (nSPS) is 21.3. The van der Waals surface area contributed by atoms with Crippen molar-refractivity contribution in [1.82, 2.24) is 14.7 Å². The lowest BCUT2D eigenvalue weighted by Crippen LogP contribution is -2.52. The largest absolute Gasteiger partial charge is 0.300 e. The van der Waals surface area contributed by atoms with Crippen LogP contribution in [0.15, 0.2) is 16.9 Å². The van der Waals surface area contributed by atoms with Crippen LogP contribution in [0.3, 0.4) is 0 Å². The smallest absolute Gasteiger partial charge is 0.266 e. The van der Waals surface area contributed by atoms with Crippen molar-refractivity contribution in [2.24, 2.45) is 5.92 Å². The first-order valence-corrected chi connectivity index (χ1v) is 6.95. The molecule has 1 aromatic rings. The molecule has 2 aliphatic rings. The van der Waals surface area contributed by atoms with Gasteiger partial charge in [-0.3, -0.25) is 4.79 Å². The second kappa shape index (κ2) is 4.50. The summed E-state index contributed by atoms with van der Waals surface area (Å²) >= 11 is 0. The van der Waals surface area contributed by atoms with E-state index in [9.17, 15) is 4.79 Å². The molecule has 1 saturated heterocycles. The van der Waals surface area contributed by atoms with Crippen LogP contribution in [0.1, 0.15) is 38.3 Å². The lowest BCUT2D eigenvalue weighted by molar-refractivity contribution is 0.0544. The van der Waals surface area contributed by atoms with E-state index in [0.717, 1.165) is 25.3 Å². The number of rotatable bonds is 4. The molecule has 0 bridgehead atoms. The summed E-state index contributed by atoms with van der Waals surface area (Å²) in [5.41, 5.74) is 1.15. The summed E-state index contributed by atoms with van der Waals surface area (Å²) in [7, 11) is 0. The lowest BCUT2D eigenvalue weighted by atomic mass is 9.98. The standard InChI is InChI=1S/C14H21N3O/c1-10(2)16-7-11(8-16)9-17-14(18)6-5-13(15-17)12-3-4-12/h5-6,10-12H,3-4,7-9H2,1-2H3. The Morgan fingerprint density at radius 2 is 2.06 bits per heavy atom. The Kier molecular flexibility index (Phi) is 2.98. The van der Waals surface area contributed by atoms with E-state index in [0.29, 0.717) is 17.9 Å². The molecule has 98 valence electrons. The Morgan fingerprint density at radius 3 is 2.67 bits per heavy atom. The Morgan fingerprint density at radius 1 is 1.33 bits per heavy atom. The molecule has 1 aromatic heterocycles. The van der Waals surface area contributed by atoms with Crippen LogP contribution in [0, 0.1) is 5.92 Å². The van der Waals surface area contributed by atoms with E-state index in [2.05, 4.69) is 23.8 Å². The Bertz CT molecular complexity index is 484. The average Bonchev–Trinajstić information content (AvgIpc) is 3.08. The quantitative estimate of drug-likeness (QED) is 0.808. The van der Waals surface area contributed by atoms with Gasteiger partial charge in [0.2, 0.25) is 0 Å². The number of hydrogen-bond donors (Lipinski definition) is 0. The van der Waals surface area contributed by atoms with Crippen LogP contribution < -0.4 is 5.56 Å². The maximum Gasteiger partial charge on any atom is 0.266 e. The van der Waals surface area contributed by atoms with Crippen LogP contribution in [0.2, 0.25) is 0 Å². The molecule has 0 spiro atoms. The third-order valence-electron chi connectivity index (χ3n) is 4.03. The van der Waals surface area contributed by atoms with Gasteiger partial charge in [-0.15, -0.1) is 0 Å². The molecule has 0 aromatic carbocycles. The van der Waals surface area contributed by atoms with Crippen molar-refractivity contribution in [3.05, 3.63) is 28.2 Å². The highest BCUT2D eigenvalue weighted by Crippen LogP contribution is 2.38. The first-order valence-electron chi connectivity index (χ1n) is 6.95. The van der Waals surface area contributed by atoms with Crippen molar-refractivity contribution >= 4 is 0 Å². The fraction of sp³-hybridized carbons (Fsp3) is 0.714. The zero-order chi connectivity index (χ0) is 12.7. The molecule has 1 aliphatic carbocycles. The molecule has 3 rings (SSSR count). The minimum atomic E-state index is 0.0439. The predicted molar refractivity (Wildman–Crippen MR) is 70.7 cm³/mol. The van der Waals surface area contributed by atoms with Crippen molar-refractivity contribution < 1.29 is 0 Å². The van der Waals surface area contributed by atoms with E-state index in [1.54, 1.807) is 10.7 Å². The summed E-state index contributed by atoms with van der Waals surface area (Å²) in [6, 6.07) is 4.20. The van der Waals surface area contributed by atoms with Gasteiger partial charge in [-0.25, -0.2) is 4.68 Å².